The summed E-state index contributed by atoms with van der Waals surface area (Å²) in [6, 6.07) is 18.2. The molecule has 2 aromatic heterocycles. The smallest absolute Gasteiger partial charge is 0.231 e. The van der Waals surface area contributed by atoms with E-state index in [2.05, 4.69) is 41.3 Å². The van der Waals surface area contributed by atoms with Crippen LogP contribution in [-0.4, -0.2) is 44.3 Å². The predicted molar refractivity (Wildman–Crippen MR) is 118 cm³/mol. The summed E-state index contributed by atoms with van der Waals surface area (Å²) in [5.41, 5.74) is 4.19. The van der Waals surface area contributed by atoms with Gasteiger partial charge in [-0.05, 0) is 42.9 Å². The number of aromatic nitrogens is 4. The number of hydrogen-bond acceptors (Lipinski definition) is 5. The Balaban J connectivity index is 1.46. The Labute approximate surface area is 181 Å². The van der Waals surface area contributed by atoms with Crippen LogP contribution in [-0.2, 0) is 13.1 Å². The SMILES string of the molecule is CCN(CCn1cccn1)Cc1cn(-c2ccccc2)nc1-c1ccc2c(c1)OCO2. The van der Waals surface area contributed by atoms with Crippen molar-refractivity contribution in [2.45, 2.75) is 20.0 Å². The van der Waals surface area contributed by atoms with E-state index in [0.29, 0.717) is 0 Å². The minimum Gasteiger partial charge on any atom is -0.454 e. The summed E-state index contributed by atoms with van der Waals surface area (Å²) in [6.45, 7) is 5.96. The third-order valence-corrected chi connectivity index (χ3v) is 5.50. The van der Waals surface area contributed by atoms with Gasteiger partial charge in [0.05, 0.1) is 17.9 Å². The number of likely N-dealkylation sites (N-methyl/N-ethyl adjacent to an activating group) is 1. The molecule has 0 aliphatic carbocycles. The van der Waals surface area contributed by atoms with Gasteiger partial charge in [-0.2, -0.15) is 10.2 Å². The molecule has 7 nitrogen and oxygen atoms in total. The second-order valence-corrected chi connectivity index (χ2v) is 7.49. The van der Waals surface area contributed by atoms with Crippen LogP contribution in [0, 0.1) is 0 Å². The summed E-state index contributed by atoms with van der Waals surface area (Å²) in [6.07, 6.45) is 5.95. The number of ether oxygens (including phenoxy) is 2. The Bertz CT molecular complexity index is 1140. The van der Waals surface area contributed by atoms with Gasteiger partial charge in [0.2, 0.25) is 6.79 Å². The van der Waals surface area contributed by atoms with Crippen LogP contribution in [0.1, 0.15) is 12.5 Å². The molecule has 0 atom stereocenters. The molecule has 0 saturated carbocycles. The van der Waals surface area contributed by atoms with Crippen LogP contribution in [0.4, 0.5) is 0 Å². The van der Waals surface area contributed by atoms with Crippen molar-refractivity contribution in [2.24, 2.45) is 0 Å². The molecule has 158 valence electrons. The molecule has 7 heteroatoms. The maximum Gasteiger partial charge on any atom is 0.231 e. The van der Waals surface area contributed by atoms with Crippen molar-refractivity contribution in [3.05, 3.63) is 78.8 Å². The maximum atomic E-state index is 5.60. The van der Waals surface area contributed by atoms with Crippen molar-refractivity contribution >= 4 is 0 Å². The van der Waals surface area contributed by atoms with Gasteiger partial charge in [-0.3, -0.25) is 9.58 Å². The van der Waals surface area contributed by atoms with E-state index in [-0.39, 0.29) is 6.79 Å². The van der Waals surface area contributed by atoms with E-state index >= 15 is 0 Å². The second kappa shape index (κ2) is 8.65. The first-order valence-corrected chi connectivity index (χ1v) is 10.5. The van der Waals surface area contributed by atoms with Gasteiger partial charge in [0.25, 0.3) is 0 Å². The van der Waals surface area contributed by atoms with Crippen LogP contribution in [0.25, 0.3) is 16.9 Å². The largest absolute Gasteiger partial charge is 0.454 e. The third-order valence-electron chi connectivity index (χ3n) is 5.50. The fourth-order valence-corrected chi connectivity index (χ4v) is 3.79. The molecule has 0 bridgehead atoms. The topological polar surface area (TPSA) is 57.3 Å². The zero-order valence-corrected chi connectivity index (χ0v) is 17.5. The average Bonchev–Trinajstić information content (AvgIpc) is 3.57. The molecule has 2 aromatic carbocycles. The van der Waals surface area contributed by atoms with Gasteiger partial charge in [-0.25, -0.2) is 4.68 Å². The summed E-state index contributed by atoms with van der Waals surface area (Å²) in [4.78, 5) is 2.41. The maximum absolute atomic E-state index is 5.60. The molecule has 0 amide bonds. The molecule has 5 rings (SSSR count). The highest BCUT2D eigenvalue weighted by atomic mass is 16.7. The quantitative estimate of drug-likeness (QED) is 0.436. The number of benzene rings is 2. The first-order valence-electron chi connectivity index (χ1n) is 10.5. The Kier molecular flexibility index (Phi) is 5.41. The van der Waals surface area contributed by atoms with E-state index in [1.165, 1.54) is 5.56 Å². The fraction of sp³-hybridized carbons (Fsp3) is 0.250. The molecule has 3 heterocycles. The lowest BCUT2D eigenvalue weighted by molar-refractivity contribution is 0.174. The molecule has 31 heavy (non-hydrogen) atoms. The van der Waals surface area contributed by atoms with Crippen LogP contribution in [0.5, 0.6) is 11.5 Å². The van der Waals surface area contributed by atoms with Crippen LogP contribution < -0.4 is 9.47 Å². The van der Waals surface area contributed by atoms with Crippen molar-refractivity contribution < 1.29 is 9.47 Å². The molecule has 0 N–H and O–H groups in total. The van der Waals surface area contributed by atoms with Crippen molar-refractivity contribution in [2.75, 3.05) is 19.9 Å². The minimum absolute atomic E-state index is 0.265. The molecule has 0 spiro atoms. The predicted octanol–water partition coefficient (Wildman–Crippen LogP) is 3.99. The van der Waals surface area contributed by atoms with E-state index in [4.69, 9.17) is 14.6 Å². The molecule has 0 unspecified atom stereocenters. The molecule has 1 aliphatic rings. The van der Waals surface area contributed by atoms with Crippen LogP contribution >= 0.6 is 0 Å². The fourth-order valence-electron chi connectivity index (χ4n) is 3.79. The Morgan fingerprint density at radius 2 is 1.90 bits per heavy atom. The van der Waals surface area contributed by atoms with Crippen molar-refractivity contribution in [1.82, 2.24) is 24.5 Å². The van der Waals surface area contributed by atoms with Gasteiger partial charge in [-0.1, -0.05) is 25.1 Å². The molecule has 4 aromatic rings. The molecular formula is C24H25N5O2. The highest BCUT2D eigenvalue weighted by Gasteiger charge is 2.19. The molecule has 0 radical (unpaired) electrons. The van der Waals surface area contributed by atoms with Crippen LogP contribution in [0.2, 0.25) is 0 Å². The summed E-state index contributed by atoms with van der Waals surface area (Å²) in [7, 11) is 0. The van der Waals surface area contributed by atoms with Crippen LogP contribution in [0.3, 0.4) is 0 Å². The standard InChI is InChI=1S/C24H25N5O2/c1-2-27(13-14-28-12-6-11-25-28)16-20-17-29(21-7-4-3-5-8-21)26-24(20)19-9-10-22-23(15-19)31-18-30-22/h3-12,15,17H,2,13-14,16,18H2,1H3. The highest BCUT2D eigenvalue weighted by molar-refractivity contribution is 5.67. The first-order chi connectivity index (χ1) is 15.3. The van der Waals surface area contributed by atoms with Gasteiger partial charge in [0.1, 0.15) is 0 Å². The van der Waals surface area contributed by atoms with E-state index in [9.17, 15) is 0 Å². The zero-order valence-electron chi connectivity index (χ0n) is 17.5. The zero-order chi connectivity index (χ0) is 21.0. The summed E-state index contributed by atoms with van der Waals surface area (Å²) in [5.74, 6) is 1.55. The van der Waals surface area contributed by atoms with E-state index in [0.717, 1.165) is 54.6 Å². The van der Waals surface area contributed by atoms with E-state index < -0.39 is 0 Å². The molecular weight excluding hydrogens is 390 g/mol. The summed E-state index contributed by atoms with van der Waals surface area (Å²) >= 11 is 0. The van der Waals surface area contributed by atoms with Gasteiger partial charge < -0.3 is 9.47 Å². The molecule has 0 saturated heterocycles. The number of hydrogen-bond donors (Lipinski definition) is 0. The van der Waals surface area contributed by atoms with Crippen molar-refractivity contribution in [3.63, 3.8) is 0 Å². The van der Waals surface area contributed by atoms with Gasteiger partial charge in [-0.15, -0.1) is 0 Å². The highest BCUT2D eigenvalue weighted by Crippen LogP contribution is 2.36. The summed E-state index contributed by atoms with van der Waals surface area (Å²) in [5, 5.41) is 9.27. The second-order valence-electron chi connectivity index (χ2n) is 7.49. The number of rotatable bonds is 8. The molecule has 0 fully saturated rings. The van der Waals surface area contributed by atoms with Gasteiger partial charge in [0, 0.05) is 42.8 Å². The van der Waals surface area contributed by atoms with Gasteiger partial charge >= 0.3 is 0 Å². The Hall–Kier alpha value is -3.58. The summed E-state index contributed by atoms with van der Waals surface area (Å²) < 4.78 is 15.0. The van der Waals surface area contributed by atoms with Crippen molar-refractivity contribution in [3.8, 4) is 28.4 Å². The number of nitrogens with zero attached hydrogens (tertiary/aromatic N) is 5. The lowest BCUT2D eigenvalue weighted by Crippen LogP contribution is -2.27. The lowest BCUT2D eigenvalue weighted by atomic mass is 10.1. The first kappa shape index (κ1) is 19.4. The Morgan fingerprint density at radius 1 is 1.03 bits per heavy atom. The van der Waals surface area contributed by atoms with Crippen molar-refractivity contribution in [1.29, 1.82) is 0 Å². The van der Waals surface area contributed by atoms with Crippen LogP contribution in [0.15, 0.2) is 73.2 Å². The van der Waals surface area contributed by atoms with E-state index in [1.807, 2.05) is 58.2 Å². The average molecular weight is 415 g/mol. The third kappa shape index (κ3) is 4.18. The normalized spacial score (nSPS) is 12.6. The lowest BCUT2D eigenvalue weighted by Gasteiger charge is -2.20. The van der Waals surface area contributed by atoms with E-state index in [1.54, 1.807) is 0 Å². The number of para-hydroxylation sites is 1. The Morgan fingerprint density at radius 3 is 2.71 bits per heavy atom. The molecule has 1 aliphatic heterocycles. The minimum atomic E-state index is 0.265. The van der Waals surface area contributed by atoms with Gasteiger partial charge in [0.15, 0.2) is 11.5 Å². The number of fused-ring (bicyclic) bond motifs is 1. The monoisotopic (exact) mass is 415 g/mol.